The molecule has 2 aromatic rings. The molecule has 0 aliphatic carbocycles. The minimum atomic E-state index is 0. The van der Waals surface area contributed by atoms with Crippen LogP contribution in [0.15, 0.2) is 41.1 Å². The van der Waals surface area contributed by atoms with Crippen molar-refractivity contribution in [2.75, 3.05) is 26.2 Å². The second-order valence-corrected chi connectivity index (χ2v) is 6.40. The average molecular weight is 352 g/mol. The first-order valence-electron chi connectivity index (χ1n) is 7.85. The lowest BCUT2D eigenvalue weighted by atomic mass is 10.1. The molecule has 0 atom stereocenters. The lowest BCUT2D eigenvalue weighted by Gasteiger charge is -2.26. The van der Waals surface area contributed by atoms with Crippen LogP contribution in [0.2, 0.25) is 0 Å². The predicted octanol–water partition coefficient (Wildman–Crippen LogP) is 4.27. The zero-order chi connectivity index (χ0) is 15.2. The number of hydrogen-bond acceptors (Lipinski definition) is 4. The molecule has 1 aliphatic heterocycles. The highest BCUT2D eigenvalue weighted by Gasteiger charge is 2.11. The van der Waals surface area contributed by atoms with Gasteiger partial charge in [0, 0.05) is 23.1 Å². The second-order valence-electron chi connectivity index (χ2n) is 5.62. The number of ketones is 1. The summed E-state index contributed by atoms with van der Waals surface area (Å²) in [4.78, 5) is 14.7. The number of benzene rings is 1. The molecular weight excluding hydrogens is 330 g/mol. The predicted molar refractivity (Wildman–Crippen MR) is 97.2 cm³/mol. The van der Waals surface area contributed by atoms with E-state index in [4.69, 9.17) is 4.74 Å². The number of carbonyl (C=O) groups excluding carboxylic acids is 1. The van der Waals surface area contributed by atoms with Crippen molar-refractivity contribution < 1.29 is 9.53 Å². The maximum absolute atomic E-state index is 12.2. The molecule has 124 valence electrons. The van der Waals surface area contributed by atoms with Crippen LogP contribution in [0.3, 0.4) is 0 Å². The summed E-state index contributed by atoms with van der Waals surface area (Å²) in [5.74, 6) is 0.903. The first-order chi connectivity index (χ1) is 10.8. The molecule has 3 nitrogen and oxygen atoms in total. The minimum absolute atomic E-state index is 0. The van der Waals surface area contributed by atoms with Crippen LogP contribution in [0.5, 0.6) is 5.75 Å². The molecule has 23 heavy (non-hydrogen) atoms. The lowest BCUT2D eigenvalue weighted by molar-refractivity contribution is 0.103. The molecule has 1 aromatic heterocycles. The summed E-state index contributed by atoms with van der Waals surface area (Å²) >= 11 is 1.54. The Morgan fingerprint density at radius 2 is 1.78 bits per heavy atom. The molecular formula is C18H22ClNO2S. The number of rotatable bonds is 6. The summed E-state index contributed by atoms with van der Waals surface area (Å²) in [6.07, 6.45) is 3.97. The molecule has 3 rings (SSSR count). The van der Waals surface area contributed by atoms with Gasteiger partial charge in [0.25, 0.3) is 0 Å². The number of halogens is 1. The number of hydrogen-bond donors (Lipinski definition) is 0. The molecule has 1 aliphatic rings. The number of ether oxygens (including phenoxy) is 1. The Labute approximate surface area is 147 Å². The first kappa shape index (κ1) is 18.0. The van der Waals surface area contributed by atoms with E-state index in [1.165, 1.54) is 32.4 Å². The highest BCUT2D eigenvalue weighted by molar-refractivity contribution is 7.08. The van der Waals surface area contributed by atoms with Crippen LogP contribution in [-0.2, 0) is 0 Å². The zero-order valence-corrected chi connectivity index (χ0v) is 14.7. The summed E-state index contributed by atoms with van der Waals surface area (Å²) in [6.45, 7) is 4.07. The van der Waals surface area contributed by atoms with Gasteiger partial charge in [-0.15, -0.1) is 12.4 Å². The van der Waals surface area contributed by atoms with E-state index >= 15 is 0 Å². The van der Waals surface area contributed by atoms with Crippen molar-refractivity contribution in [3.63, 3.8) is 0 Å². The molecule has 0 spiro atoms. The SMILES string of the molecule is Cl.O=C(c1ccc(OCCN2CCCCC2)cc1)c1ccsc1. The summed E-state index contributed by atoms with van der Waals surface area (Å²) in [7, 11) is 0. The van der Waals surface area contributed by atoms with Crippen molar-refractivity contribution in [3.8, 4) is 5.75 Å². The second kappa shape index (κ2) is 9.06. The van der Waals surface area contributed by atoms with Crippen LogP contribution in [0, 0.1) is 0 Å². The Bertz CT molecular complexity index is 592. The van der Waals surface area contributed by atoms with Gasteiger partial charge in [0.15, 0.2) is 5.78 Å². The molecule has 0 amide bonds. The molecule has 1 saturated heterocycles. The summed E-state index contributed by atoms with van der Waals surface area (Å²) < 4.78 is 5.78. The van der Waals surface area contributed by atoms with Gasteiger partial charge in [-0.25, -0.2) is 0 Å². The van der Waals surface area contributed by atoms with Gasteiger partial charge in [0.1, 0.15) is 12.4 Å². The van der Waals surface area contributed by atoms with Gasteiger partial charge in [-0.3, -0.25) is 9.69 Å². The maximum atomic E-state index is 12.2. The van der Waals surface area contributed by atoms with E-state index in [1.807, 2.05) is 41.1 Å². The van der Waals surface area contributed by atoms with Gasteiger partial charge >= 0.3 is 0 Å². The van der Waals surface area contributed by atoms with Crippen LogP contribution in [0.25, 0.3) is 0 Å². The van der Waals surface area contributed by atoms with Crippen molar-refractivity contribution in [3.05, 3.63) is 52.2 Å². The Balaban J connectivity index is 0.00000192. The average Bonchev–Trinajstić information content (AvgIpc) is 3.10. The third kappa shape index (κ3) is 5.06. The third-order valence-electron chi connectivity index (χ3n) is 4.02. The normalized spacial score (nSPS) is 15.0. The molecule has 2 heterocycles. The van der Waals surface area contributed by atoms with Gasteiger partial charge in [0.05, 0.1) is 0 Å². The number of thiophene rings is 1. The topological polar surface area (TPSA) is 29.5 Å². The van der Waals surface area contributed by atoms with Crippen LogP contribution in [-0.4, -0.2) is 36.9 Å². The zero-order valence-electron chi connectivity index (χ0n) is 13.1. The van der Waals surface area contributed by atoms with Crippen molar-refractivity contribution >= 4 is 29.5 Å². The monoisotopic (exact) mass is 351 g/mol. The first-order valence-corrected chi connectivity index (χ1v) is 8.79. The van der Waals surface area contributed by atoms with E-state index in [2.05, 4.69) is 4.90 Å². The van der Waals surface area contributed by atoms with E-state index in [-0.39, 0.29) is 18.2 Å². The Kier molecular flexibility index (Phi) is 7.09. The smallest absolute Gasteiger partial charge is 0.193 e. The Morgan fingerprint density at radius 3 is 2.43 bits per heavy atom. The highest BCUT2D eigenvalue weighted by atomic mass is 35.5. The van der Waals surface area contributed by atoms with Gasteiger partial charge in [-0.05, 0) is 61.6 Å². The Hall–Kier alpha value is -1.36. The third-order valence-corrected chi connectivity index (χ3v) is 4.71. The quantitative estimate of drug-likeness (QED) is 0.728. The molecule has 0 unspecified atom stereocenters. The van der Waals surface area contributed by atoms with Gasteiger partial charge in [-0.2, -0.15) is 11.3 Å². The van der Waals surface area contributed by atoms with E-state index in [0.717, 1.165) is 17.9 Å². The molecule has 0 radical (unpaired) electrons. The summed E-state index contributed by atoms with van der Waals surface area (Å²) in [5, 5.41) is 3.80. The number of nitrogens with zero attached hydrogens (tertiary/aromatic N) is 1. The lowest BCUT2D eigenvalue weighted by Crippen LogP contribution is -2.33. The standard InChI is InChI=1S/C18H21NO2S.ClH/c20-18(16-8-13-22-14-16)15-4-6-17(7-5-15)21-12-11-19-9-2-1-3-10-19;/h4-8,13-14H,1-3,9-12H2;1H. The van der Waals surface area contributed by atoms with Crippen LogP contribution in [0.1, 0.15) is 35.2 Å². The van der Waals surface area contributed by atoms with E-state index < -0.39 is 0 Å². The fourth-order valence-corrected chi connectivity index (χ4v) is 3.37. The van der Waals surface area contributed by atoms with E-state index in [1.54, 1.807) is 11.3 Å². The highest BCUT2D eigenvalue weighted by Crippen LogP contribution is 2.17. The van der Waals surface area contributed by atoms with Crippen LogP contribution >= 0.6 is 23.7 Å². The van der Waals surface area contributed by atoms with E-state index in [9.17, 15) is 4.79 Å². The molecule has 1 aromatic carbocycles. The largest absolute Gasteiger partial charge is 0.492 e. The van der Waals surface area contributed by atoms with Crippen molar-refractivity contribution in [2.45, 2.75) is 19.3 Å². The minimum Gasteiger partial charge on any atom is -0.492 e. The number of carbonyl (C=O) groups is 1. The van der Waals surface area contributed by atoms with Crippen LogP contribution < -0.4 is 4.74 Å². The van der Waals surface area contributed by atoms with Crippen molar-refractivity contribution in [1.82, 2.24) is 4.90 Å². The van der Waals surface area contributed by atoms with Gasteiger partial charge < -0.3 is 4.74 Å². The molecule has 1 fully saturated rings. The summed E-state index contributed by atoms with van der Waals surface area (Å²) in [5.41, 5.74) is 1.46. The molecule has 0 saturated carbocycles. The number of piperidine rings is 1. The van der Waals surface area contributed by atoms with Gasteiger partial charge in [0.2, 0.25) is 0 Å². The van der Waals surface area contributed by atoms with Crippen LogP contribution in [0.4, 0.5) is 0 Å². The molecule has 5 heteroatoms. The fourth-order valence-electron chi connectivity index (χ4n) is 2.74. The molecule has 0 N–H and O–H groups in total. The number of likely N-dealkylation sites (tertiary alicyclic amines) is 1. The fraction of sp³-hybridized carbons (Fsp3) is 0.389. The maximum Gasteiger partial charge on any atom is 0.193 e. The van der Waals surface area contributed by atoms with E-state index in [0.29, 0.717) is 12.2 Å². The Morgan fingerprint density at radius 1 is 1.04 bits per heavy atom. The molecule has 0 bridgehead atoms. The van der Waals surface area contributed by atoms with Crippen molar-refractivity contribution in [2.24, 2.45) is 0 Å². The van der Waals surface area contributed by atoms with Gasteiger partial charge in [-0.1, -0.05) is 6.42 Å². The summed E-state index contributed by atoms with van der Waals surface area (Å²) in [6, 6.07) is 9.31. The van der Waals surface area contributed by atoms with Crippen molar-refractivity contribution in [1.29, 1.82) is 0 Å².